The highest BCUT2D eigenvalue weighted by molar-refractivity contribution is 6.30. The minimum atomic E-state index is -0.659. The summed E-state index contributed by atoms with van der Waals surface area (Å²) in [4.78, 5) is 40.2. The van der Waals surface area contributed by atoms with E-state index in [0.29, 0.717) is 54.6 Å². The molecule has 0 unspecified atom stereocenters. The van der Waals surface area contributed by atoms with Gasteiger partial charge in [-0.15, -0.1) is 0 Å². The minimum absolute atomic E-state index is 0.0466. The number of piperazine rings is 1. The summed E-state index contributed by atoms with van der Waals surface area (Å²) in [6, 6.07) is 5.95. The van der Waals surface area contributed by atoms with Crippen molar-refractivity contribution in [2.75, 3.05) is 39.8 Å². The van der Waals surface area contributed by atoms with E-state index in [1.54, 1.807) is 36.1 Å². The lowest BCUT2D eigenvalue weighted by Crippen LogP contribution is -2.52. The Balaban J connectivity index is 1.89. The van der Waals surface area contributed by atoms with Crippen LogP contribution in [0.2, 0.25) is 5.02 Å². The summed E-state index contributed by atoms with van der Waals surface area (Å²) in [5, 5.41) is 6.04. The molecule has 2 aliphatic heterocycles. The minimum Gasteiger partial charge on any atom is -0.466 e. The van der Waals surface area contributed by atoms with Crippen molar-refractivity contribution in [3.05, 3.63) is 46.1 Å². The second kappa shape index (κ2) is 8.62. The molecule has 2 N–H and O–H groups in total. The zero-order valence-electron chi connectivity index (χ0n) is 15.8. The molecule has 0 bridgehead atoms. The van der Waals surface area contributed by atoms with E-state index in [4.69, 9.17) is 16.3 Å². The van der Waals surface area contributed by atoms with Crippen LogP contribution >= 0.6 is 11.6 Å². The number of methoxy groups -OCH3 is 1. The average Bonchev–Trinajstić information content (AvgIpc) is 2.67. The Morgan fingerprint density at radius 3 is 2.57 bits per heavy atom. The first-order valence-electron chi connectivity index (χ1n) is 9.01. The molecule has 150 valence electrons. The van der Waals surface area contributed by atoms with Gasteiger partial charge in [0, 0.05) is 50.4 Å². The van der Waals surface area contributed by atoms with Crippen molar-refractivity contribution in [2.24, 2.45) is 0 Å². The van der Waals surface area contributed by atoms with Crippen molar-refractivity contribution in [1.82, 2.24) is 20.4 Å². The Bertz CT molecular complexity index is 818. The van der Waals surface area contributed by atoms with Gasteiger partial charge in [0.25, 0.3) is 0 Å². The number of amides is 3. The maximum Gasteiger partial charge on any atom is 0.338 e. The number of benzene rings is 1. The summed E-state index contributed by atoms with van der Waals surface area (Å²) in [5.74, 6) is -0.472. The van der Waals surface area contributed by atoms with Gasteiger partial charge in [-0.2, -0.15) is 0 Å². The highest BCUT2D eigenvalue weighted by Crippen LogP contribution is 2.29. The van der Waals surface area contributed by atoms with E-state index in [-0.39, 0.29) is 5.91 Å². The quantitative estimate of drug-likeness (QED) is 0.735. The molecular formula is C19H23ClN4O4. The van der Waals surface area contributed by atoms with Gasteiger partial charge in [0.15, 0.2) is 0 Å². The number of esters is 1. The summed E-state index contributed by atoms with van der Waals surface area (Å²) in [6.07, 6.45) is 0. The number of nitrogens with zero attached hydrogens (tertiary/aromatic N) is 2. The van der Waals surface area contributed by atoms with Gasteiger partial charge in [-0.1, -0.05) is 23.7 Å². The molecular weight excluding hydrogens is 384 g/mol. The van der Waals surface area contributed by atoms with E-state index < -0.39 is 18.0 Å². The Kier molecular flexibility index (Phi) is 6.21. The zero-order chi connectivity index (χ0) is 20.3. The summed E-state index contributed by atoms with van der Waals surface area (Å²) in [7, 11) is 1.31. The van der Waals surface area contributed by atoms with Gasteiger partial charge in [-0.25, -0.2) is 9.59 Å². The van der Waals surface area contributed by atoms with Crippen LogP contribution in [0.5, 0.6) is 0 Å². The first-order chi connectivity index (χ1) is 13.4. The first-order valence-corrected chi connectivity index (χ1v) is 9.39. The number of halogens is 1. The molecule has 0 radical (unpaired) electrons. The zero-order valence-corrected chi connectivity index (χ0v) is 16.6. The molecule has 8 nitrogen and oxygen atoms in total. The smallest absolute Gasteiger partial charge is 0.338 e. The number of hydrogen-bond donors (Lipinski definition) is 2. The molecule has 2 aliphatic rings. The normalized spacial score (nSPS) is 20.5. The van der Waals surface area contributed by atoms with E-state index in [1.807, 2.05) is 0 Å². The maximum atomic E-state index is 12.6. The third-order valence-electron chi connectivity index (χ3n) is 4.94. The van der Waals surface area contributed by atoms with E-state index in [1.165, 1.54) is 7.11 Å². The van der Waals surface area contributed by atoms with E-state index in [2.05, 4.69) is 15.5 Å². The van der Waals surface area contributed by atoms with Crippen molar-refractivity contribution in [2.45, 2.75) is 13.0 Å². The van der Waals surface area contributed by atoms with Crippen LogP contribution in [0, 0.1) is 0 Å². The Labute approximate surface area is 168 Å². The molecule has 1 aromatic rings. The number of carbonyl (C=O) groups excluding carboxylic acids is 3. The molecule has 1 saturated heterocycles. The van der Waals surface area contributed by atoms with Crippen molar-refractivity contribution < 1.29 is 19.1 Å². The van der Waals surface area contributed by atoms with Crippen molar-refractivity contribution >= 4 is 29.5 Å². The first kappa shape index (κ1) is 20.2. The van der Waals surface area contributed by atoms with Gasteiger partial charge in [0.2, 0.25) is 5.91 Å². The summed E-state index contributed by atoms with van der Waals surface area (Å²) in [6.45, 7) is 4.46. The molecule has 0 spiro atoms. The number of ether oxygens (including phenoxy) is 1. The van der Waals surface area contributed by atoms with Crippen molar-refractivity contribution in [3.8, 4) is 0 Å². The molecule has 2 heterocycles. The molecule has 0 aromatic heterocycles. The maximum absolute atomic E-state index is 12.6. The third kappa shape index (κ3) is 4.45. The highest BCUT2D eigenvalue weighted by Gasteiger charge is 2.34. The number of carbonyl (C=O) groups is 3. The van der Waals surface area contributed by atoms with Gasteiger partial charge in [0.1, 0.15) is 0 Å². The van der Waals surface area contributed by atoms with Gasteiger partial charge in [-0.05, 0) is 17.7 Å². The third-order valence-corrected chi connectivity index (χ3v) is 5.18. The van der Waals surface area contributed by atoms with Crippen LogP contribution in [0.15, 0.2) is 35.5 Å². The molecule has 1 atom stereocenters. The highest BCUT2D eigenvalue weighted by atomic mass is 35.5. The van der Waals surface area contributed by atoms with Crippen LogP contribution in [-0.4, -0.2) is 67.5 Å². The fourth-order valence-corrected chi connectivity index (χ4v) is 3.67. The van der Waals surface area contributed by atoms with Gasteiger partial charge >= 0.3 is 12.0 Å². The number of rotatable bonds is 4. The molecule has 3 rings (SSSR count). The van der Waals surface area contributed by atoms with Gasteiger partial charge in [-0.3, -0.25) is 9.69 Å². The van der Waals surface area contributed by atoms with Gasteiger partial charge < -0.3 is 20.3 Å². The molecule has 1 fully saturated rings. The molecule has 1 aromatic carbocycles. The average molecular weight is 407 g/mol. The second-order valence-electron chi connectivity index (χ2n) is 6.75. The molecule has 0 saturated carbocycles. The summed E-state index contributed by atoms with van der Waals surface area (Å²) < 4.78 is 4.98. The van der Waals surface area contributed by atoms with Crippen LogP contribution in [0.1, 0.15) is 18.5 Å². The largest absolute Gasteiger partial charge is 0.466 e. The lowest BCUT2D eigenvalue weighted by molar-refractivity contribution is -0.136. The van der Waals surface area contributed by atoms with Crippen LogP contribution in [0.4, 0.5) is 4.79 Å². The molecule has 3 amide bonds. The molecule has 9 heteroatoms. The Hall–Kier alpha value is -2.58. The SMILES string of the molecule is COC(=O)C1=C(CN2CCN(C(C)=O)CC2)NC(=O)N[C@@H]1c1cccc(Cl)c1. The second-order valence-corrected chi connectivity index (χ2v) is 7.19. The topological polar surface area (TPSA) is 91.0 Å². The van der Waals surface area contributed by atoms with Crippen molar-refractivity contribution in [1.29, 1.82) is 0 Å². The molecule has 28 heavy (non-hydrogen) atoms. The predicted octanol–water partition coefficient (Wildman–Crippen LogP) is 1.29. The lowest BCUT2D eigenvalue weighted by Gasteiger charge is -2.36. The van der Waals surface area contributed by atoms with E-state index >= 15 is 0 Å². The van der Waals surface area contributed by atoms with E-state index in [0.717, 1.165) is 0 Å². The Morgan fingerprint density at radius 2 is 1.96 bits per heavy atom. The fraction of sp³-hybridized carbons (Fsp3) is 0.421. The number of hydrogen-bond acceptors (Lipinski definition) is 5. The monoisotopic (exact) mass is 406 g/mol. The molecule has 0 aliphatic carbocycles. The van der Waals surface area contributed by atoms with Crippen LogP contribution in [0.25, 0.3) is 0 Å². The summed E-state index contributed by atoms with van der Waals surface area (Å²) in [5.41, 5.74) is 1.54. The number of nitrogens with one attached hydrogen (secondary N) is 2. The summed E-state index contributed by atoms with van der Waals surface area (Å²) >= 11 is 6.09. The predicted molar refractivity (Wildman–Crippen MR) is 104 cm³/mol. The standard InChI is InChI=1S/C19H23ClN4O4/c1-12(25)24-8-6-23(7-9-24)11-15-16(18(26)28-2)17(22-19(27)21-15)13-4-3-5-14(20)10-13/h3-5,10,17H,6-9,11H2,1-2H3,(H2,21,22,27)/t17-/m1/s1. The van der Waals surface area contributed by atoms with Crippen molar-refractivity contribution in [3.63, 3.8) is 0 Å². The van der Waals surface area contributed by atoms with Crippen LogP contribution in [0.3, 0.4) is 0 Å². The van der Waals surface area contributed by atoms with E-state index in [9.17, 15) is 14.4 Å². The fourth-order valence-electron chi connectivity index (χ4n) is 3.47. The van der Waals surface area contributed by atoms with Crippen LogP contribution in [-0.2, 0) is 14.3 Å². The Morgan fingerprint density at radius 1 is 1.25 bits per heavy atom. The van der Waals surface area contributed by atoms with Gasteiger partial charge in [0.05, 0.1) is 18.7 Å². The lowest BCUT2D eigenvalue weighted by atomic mass is 9.95. The van der Waals surface area contributed by atoms with Crippen LogP contribution < -0.4 is 10.6 Å². The number of urea groups is 1.